The predicted octanol–water partition coefficient (Wildman–Crippen LogP) is 1.04. The topological polar surface area (TPSA) is 141 Å². The van der Waals surface area contributed by atoms with Crippen molar-refractivity contribution in [3.05, 3.63) is 23.5 Å². The first-order valence-electron chi connectivity index (χ1n) is 5.20. The van der Waals surface area contributed by atoms with Gasteiger partial charge in [-0.3, -0.25) is 4.79 Å². The van der Waals surface area contributed by atoms with Gasteiger partial charge < -0.3 is 15.5 Å². The van der Waals surface area contributed by atoms with E-state index in [-0.39, 0.29) is 10.8 Å². The van der Waals surface area contributed by atoms with E-state index in [2.05, 4.69) is 15.2 Å². The molecule has 0 saturated heterocycles. The van der Waals surface area contributed by atoms with Crippen molar-refractivity contribution < 1.29 is 24.6 Å². The Labute approximate surface area is 127 Å². The Morgan fingerprint density at radius 2 is 1.95 bits per heavy atom. The number of carbonyl (C=O) groups is 3. The molecule has 0 saturated carbocycles. The Bertz CT molecular complexity index is 593. The van der Waals surface area contributed by atoms with Crippen molar-refractivity contribution in [2.45, 2.75) is 5.66 Å². The fourth-order valence-electron chi connectivity index (χ4n) is 1.13. The average molecular weight is 335 g/mol. The summed E-state index contributed by atoms with van der Waals surface area (Å²) in [5.41, 5.74) is -3.07. The summed E-state index contributed by atoms with van der Waals surface area (Å²) in [6, 6.07) is 2.76. The quantitative estimate of drug-likeness (QED) is 0.307. The van der Waals surface area contributed by atoms with Gasteiger partial charge in [-0.05, 0) is 12.1 Å². The Morgan fingerprint density at radius 1 is 1.33 bits per heavy atom. The highest BCUT2D eigenvalue weighted by molar-refractivity contribution is 6.31. The van der Waals surface area contributed by atoms with Crippen LogP contribution in [0, 0.1) is 0 Å². The van der Waals surface area contributed by atoms with Gasteiger partial charge in [-0.15, -0.1) is 21.8 Å². The number of rotatable bonds is 6. The fourth-order valence-corrected chi connectivity index (χ4v) is 1.35. The van der Waals surface area contributed by atoms with Crippen LogP contribution < -0.4 is 5.32 Å². The van der Waals surface area contributed by atoms with E-state index in [4.69, 9.17) is 33.4 Å². The second-order valence-electron chi connectivity index (χ2n) is 3.52. The number of halogens is 2. The van der Waals surface area contributed by atoms with Gasteiger partial charge in [-0.1, -0.05) is 11.6 Å². The maximum Gasteiger partial charge on any atom is 0.366 e. The molecule has 1 heterocycles. The van der Waals surface area contributed by atoms with Crippen molar-refractivity contribution in [3.63, 3.8) is 0 Å². The molecule has 1 amide bonds. The SMILES string of the molecule is O=C(CCl)NC(N=Nc1cccnc1Cl)(C(=O)O)C(=O)O. The van der Waals surface area contributed by atoms with Crippen LogP contribution >= 0.6 is 23.2 Å². The molecule has 0 aromatic carbocycles. The molecule has 0 atom stereocenters. The van der Waals surface area contributed by atoms with Crippen LogP contribution in [0.3, 0.4) is 0 Å². The van der Waals surface area contributed by atoms with E-state index in [1.807, 2.05) is 0 Å². The highest BCUT2D eigenvalue weighted by atomic mass is 35.5. The molecule has 0 unspecified atom stereocenters. The maximum absolute atomic E-state index is 11.2. The Kier molecular flexibility index (Phi) is 5.56. The van der Waals surface area contributed by atoms with E-state index in [0.29, 0.717) is 0 Å². The summed E-state index contributed by atoms with van der Waals surface area (Å²) < 4.78 is 0. The number of hydrogen-bond acceptors (Lipinski definition) is 6. The lowest BCUT2D eigenvalue weighted by molar-refractivity contribution is -0.160. The molecular weight excluding hydrogens is 327 g/mol. The molecule has 1 rings (SSSR count). The monoisotopic (exact) mass is 334 g/mol. The van der Waals surface area contributed by atoms with Crippen LogP contribution in [0.2, 0.25) is 5.15 Å². The van der Waals surface area contributed by atoms with E-state index in [9.17, 15) is 14.4 Å². The van der Waals surface area contributed by atoms with Gasteiger partial charge in [0.25, 0.3) is 0 Å². The number of aliphatic carboxylic acids is 2. The van der Waals surface area contributed by atoms with Crippen molar-refractivity contribution in [2.24, 2.45) is 10.2 Å². The zero-order valence-corrected chi connectivity index (χ0v) is 11.7. The molecule has 11 heteroatoms. The summed E-state index contributed by atoms with van der Waals surface area (Å²) in [6.07, 6.45) is 1.35. The summed E-state index contributed by atoms with van der Waals surface area (Å²) >= 11 is 10.9. The van der Waals surface area contributed by atoms with Crippen molar-refractivity contribution in [1.82, 2.24) is 10.3 Å². The number of carboxylic acids is 2. The summed E-state index contributed by atoms with van der Waals surface area (Å²) in [4.78, 5) is 37.2. The average Bonchev–Trinajstić information content (AvgIpc) is 2.43. The third-order valence-corrected chi connectivity index (χ3v) is 2.64. The molecule has 21 heavy (non-hydrogen) atoms. The van der Waals surface area contributed by atoms with Crippen molar-refractivity contribution >= 4 is 46.7 Å². The van der Waals surface area contributed by atoms with Crippen LogP contribution in [-0.4, -0.2) is 44.6 Å². The van der Waals surface area contributed by atoms with Crippen molar-refractivity contribution in [1.29, 1.82) is 0 Å². The fraction of sp³-hybridized carbons (Fsp3) is 0.200. The van der Waals surface area contributed by atoms with E-state index in [0.717, 1.165) is 0 Å². The third kappa shape index (κ3) is 3.86. The minimum absolute atomic E-state index is 0.0637. The van der Waals surface area contributed by atoms with Gasteiger partial charge >= 0.3 is 17.6 Å². The first-order valence-corrected chi connectivity index (χ1v) is 6.12. The van der Waals surface area contributed by atoms with Crippen LogP contribution in [0.4, 0.5) is 5.69 Å². The lowest BCUT2D eigenvalue weighted by atomic mass is 10.2. The maximum atomic E-state index is 11.2. The van der Waals surface area contributed by atoms with Crippen LogP contribution in [0.5, 0.6) is 0 Å². The molecule has 0 radical (unpaired) electrons. The molecule has 9 nitrogen and oxygen atoms in total. The Balaban J connectivity index is 3.25. The van der Waals surface area contributed by atoms with E-state index in [1.165, 1.54) is 18.3 Å². The molecule has 0 bridgehead atoms. The normalized spacial score (nSPS) is 11.3. The molecule has 112 valence electrons. The molecule has 1 aromatic rings. The van der Waals surface area contributed by atoms with Crippen LogP contribution in [-0.2, 0) is 14.4 Å². The van der Waals surface area contributed by atoms with E-state index >= 15 is 0 Å². The molecule has 0 fully saturated rings. The van der Waals surface area contributed by atoms with Gasteiger partial charge in [0, 0.05) is 6.20 Å². The zero-order valence-electron chi connectivity index (χ0n) is 10.2. The van der Waals surface area contributed by atoms with Crippen LogP contribution in [0.1, 0.15) is 0 Å². The smallest absolute Gasteiger partial charge is 0.366 e. The number of pyridine rings is 1. The molecule has 0 spiro atoms. The summed E-state index contributed by atoms with van der Waals surface area (Å²) in [6.45, 7) is 0. The number of alkyl halides is 1. The van der Waals surface area contributed by atoms with Gasteiger partial charge in [-0.2, -0.15) is 0 Å². The summed E-state index contributed by atoms with van der Waals surface area (Å²) in [5, 5.41) is 26.3. The highest BCUT2D eigenvalue weighted by Gasteiger charge is 2.49. The molecule has 0 aliphatic carbocycles. The molecule has 0 aliphatic rings. The second-order valence-corrected chi connectivity index (χ2v) is 4.14. The lowest BCUT2D eigenvalue weighted by Crippen LogP contribution is -2.59. The highest BCUT2D eigenvalue weighted by Crippen LogP contribution is 2.23. The van der Waals surface area contributed by atoms with Gasteiger partial charge in [0.05, 0.1) is 0 Å². The van der Waals surface area contributed by atoms with Crippen LogP contribution in [0.25, 0.3) is 0 Å². The van der Waals surface area contributed by atoms with Gasteiger partial charge in [0.1, 0.15) is 11.6 Å². The lowest BCUT2D eigenvalue weighted by Gasteiger charge is -2.19. The number of nitrogens with zero attached hydrogens (tertiary/aromatic N) is 3. The zero-order chi connectivity index (χ0) is 16.0. The number of azo groups is 1. The van der Waals surface area contributed by atoms with Crippen LogP contribution in [0.15, 0.2) is 28.6 Å². The number of amides is 1. The molecular formula is C10H8Cl2N4O5. The third-order valence-electron chi connectivity index (χ3n) is 2.11. The standard InChI is InChI=1S/C10H8Cl2N4O5/c11-4-6(17)14-10(8(18)19,9(20)21)16-15-5-2-1-3-13-7(5)12/h1-3H,4H2,(H,14,17)(H,18,19)(H,20,21). The first kappa shape index (κ1) is 16.8. The molecule has 3 N–H and O–H groups in total. The van der Waals surface area contributed by atoms with Gasteiger partial charge in [-0.25, -0.2) is 14.6 Å². The Hall–Kier alpha value is -2.26. The van der Waals surface area contributed by atoms with Crippen molar-refractivity contribution in [2.75, 3.05) is 5.88 Å². The first-order chi connectivity index (χ1) is 9.83. The number of carboxylic acid groups (broad SMARTS) is 2. The largest absolute Gasteiger partial charge is 0.478 e. The number of nitrogens with one attached hydrogen (secondary N) is 1. The van der Waals surface area contributed by atoms with Gasteiger partial charge in [0.2, 0.25) is 5.91 Å². The minimum atomic E-state index is -3.01. The van der Waals surface area contributed by atoms with E-state index < -0.39 is 29.4 Å². The Morgan fingerprint density at radius 3 is 2.43 bits per heavy atom. The summed E-state index contributed by atoms with van der Waals surface area (Å²) in [7, 11) is 0. The molecule has 0 aliphatic heterocycles. The predicted molar refractivity (Wildman–Crippen MR) is 70.6 cm³/mol. The summed E-state index contributed by atoms with van der Waals surface area (Å²) in [5.74, 6) is -5.59. The van der Waals surface area contributed by atoms with Gasteiger partial charge in [0.15, 0.2) is 5.15 Å². The minimum Gasteiger partial charge on any atom is -0.478 e. The second kappa shape index (κ2) is 6.95. The molecule has 1 aromatic heterocycles. The number of hydrogen-bond donors (Lipinski definition) is 3. The number of aromatic nitrogens is 1. The van der Waals surface area contributed by atoms with Crippen molar-refractivity contribution in [3.8, 4) is 0 Å². The number of carbonyl (C=O) groups excluding carboxylic acids is 1. The van der Waals surface area contributed by atoms with E-state index in [1.54, 1.807) is 5.32 Å².